The van der Waals surface area contributed by atoms with E-state index in [2.05, 4.69) is 5.10 Å². The van der Waals surface area contributed by atoms with E-state index in [1.54, 1.807) is 29.9 Å². The van der Waals surface area contributed by atoms with Gasteiger partial charge in [-0.25, -0.2) is 8.42 Å². The van der Waals surface area contributed by atoms with Gasteiger partial charge in [-0.1, -0.05) is 13.0 Å². The third-order valence-electron chi connectivity index (χ3n) is 3.23. The fourth-order valence-electron chi connectivity index (χ4n) is 2.10. The van der Waals surface area contributed by atoms with Gasteiger partial charge < -0.3 is 5.73 Å². The summed E-state index contributed by atoms with van der Waals surface area (Å²) in [7, 11) is -1.71. The average Bonchev–Trinajstić information content (AvgIpc) is 2.69. The van der Waals surface area contributed by atoms with Gasteiger partial charge in [0.2, 0.25) is 0 Å². The van der Waals surface area contributed by atoms with Gasteiger partial charge >= 0.3 is 0 Å². The number of nitrogens with two attached hydrogens (primary N) is 1. The lowest BCUT2D eigenvalue weighted by atomic mass is 10.2. The second kappa shape index (κ2) is 5.28. The normalized spacial score (nSPS) is 11.8. The van der Waals surface area contributed by atoms with Crippen LogP contribution >= 0.6 is 0 Å². The first-order valence-electron chi connectivity index (χ1n) is 6.44. The minimum atomic E-state index is -3.46. The van der Waals surface area contributed by atoms with Crippen LogP contribution in [0.3, 0.4) is 0 Å². The van der Waals surface area contributed by atoms with E-state index in [0.717, 1.165) is 17.7 Å². The summed E-state index contributed by atoms with van der Waals surface area (Å²) >= 11 is 0. The molecule has 1 aromatic heterocycles. The maximum Gasteiger partial charge on any atom is 0.186 e. The molecule has 2 rings (SSSR count). The van der Waals surface area contributed by atoms with Crippen molar-refractivity contribution in [3.05, 3.63) is 41.2 Å². The third-order valence-corrected chi connectivity index (χ3v) is 4.95. The van der Waals surface area contributed by atoms with Gasteiger partial charge in [0, 0.05) is 7.05 Å². The molecule has 1 aromatic carbocycles. The van der Waals surface area contributed by atoms with E-state index >= 15 is 0 Å². The molecule has 20 heavy (non-hydrogen) atoms. The van der Waals surface area contributed by atoms with Gasteiger partial charge in [-0.05, 0) is 37.1 Å². The zero-order valence-corrected chi connectivity index (χ0v) is 12.7. The third kappa shape index (κ3) is 2.85. The van der Waals surface area contributed by atoms with E-state index in [1.807, 2.05) is 19.9 Å². The lowest BCUT2D eigenvalue weighted by Crippen LogP contribution is -2.11. The van der Waals surface area contributed by atoms with Crippen molar-refractivity contribution in [2.75, 3.05) is 5.73 Å². The van der Waals surface area contributed by atoms with E-state index in [0.29, 0.717) is 11.4 Å². The SMILES string of the molecule is CCc1cc(CS(=O)(=O)c2ccc(C)cc2N)n(C)n1. The van der Waals surface area contributed by atoms with Crippen molar-refractivity contribution in [2.45, 2.75) is 30.9 Å². The van der Waals surface area contributed by atoms with Crippen molar-refractivity contribution in [1.29, 1.82) is 0 Å². The summed E-state index contributed by atoms with van der Waals surface area (Å²) in [6, 6.07) is 6.82. The van der Waals surface area contributed by atoms with Gasteiger partial charge in [-0.3, -0.25) is 4.68 Å². The molecule has 0 fully saturated rings. The Bertz CT molecular complexity index is 733. The monoisotopic (exact) mass is 293 g/mol. The molecule has 0 saturated carbocycles. The quantitative estimate of drug-likeness (QED) is 0.873. The van der Waals surface area contributed by atoms with Crippen LogP contribution in [0.1, 0.15) is 23.9 Å². The summed E-state index contributed by atoms with van der Waals surface area (Å²) in [6.07, 6.45) is 0.778. The first-order chi connectivity index (χ1) is 9.33. The largest absolute Gasteiger partial charge is 0.398 e. The molecule has 0 radical (unpaired) electrons. The molecular formula is C14H19N3O2S. The Balaban J connectivity index is 2.38. The fraction of sp³-hybridized carbons (Fsp3) is 0.357. The highest BCUT2D eigenvalue weighted by Gasteiger charge is 2.20. The second-order valence-corrected chi connectivity index (χ2v) is 6.86. The van der Waals surface area contributed by atoms with Gasteiger partial charge in [0.25, 0.3) is 0 Å². The maximum atomic E-state index is 12.5. The lowest BCUT2D eigenvalue weighted by molar-refractivity contribution is 0.592. The van der Waals surface area contributed by atoms with Crippen LogP contribution in [0.5, 0.6) is 0 Å². The number of rotatable bonds is 4. The molecule has 2 N–H and O–H groups in total. The Labute approximate surface area is 119 Å². The Hall–Kier alpha value is -1.82. The molecule has 0 atom stereocenters. The van der Waals surface area contributed by atoms with E-state index in [4.69, 9.17) is 5.73 Å². The highest BCUT2D eigenvalue weighted by atomic mass is 32.2. The number of nitrogens with zero attached hydrogens (tertiary/aromatic N) is 2. The number of benzene rings is 1. The molecule has 0 amide bonds. The summed E-state index contributed by atoms with van der Waals surface area (Å²) in [5.41, 5.74) is 8.62. The summed E-state index contributed by atoms with van der Waals surface area (Å²) < 4.78 is 26.5. The zero-order chi connectivity index (χ0) is 14.9. The first kappa shape index (κ1) is 14.6. The number of hydrogen-bond donors (Lipinski definition) is 1. The Morgan fingerprint density at radius 2 is 2.00 bits per heavy atom. The summed E-state index contributed by atoms with van der Waals surface area (Å²) in [5, 5.41) is 4.26. The number of anilines is 1. The summed E-state index contributed by atoms with van der Waals surface area (Å²) in [5.74, 6) is -0.0935. The second-order valence-electron chi connectivity index (χ2n) is 4.90. The van der Waals surface area contributed by atoms with E-state index in [9.17, 15) is 8.42 Å². The molecule has 0 aliphatic carbocycles. The number of aromatic nitrogens is 2. The topological polar surface area (TPSA) is 78.0 Å². The molecule has 108 valence electrons. The van der Waals surface area contributed by atoms with E-state index in [1.165, 1.54) is 0 Å². The number of hydrogen-bond acceptors (Lipinski definition) is 4. The first-order valence-corrected chi connectivity index (χ1v) is 8.09. The predicted octanol–water partition coefficient (Wildman–Crippen LogP) is 1.85. The molecule has 2 aromatic rings. The van der Waals surface area contributed by atoms with Crippen LogP contribution in [0.4, 0.5) is 5.69 Å². The van der Waals surface area contributed by atoms with Crippen LogP contribution < -0.4 is 5.73 Å². The molecule has 0 saturated heterocycles. The Kier molecular flexibility index (Phi) is 3.85. The number of aryl methyl sites for hydroxylation is 3. The fourth-order valence-corrected chi connectivity index (χ4v) is 3.61. The van der Waals surface area contributed by atoms with Gasteiger partial charge in [-0.15, -0.1) is 0 Å². The van der Waals surface area contributed by atoms with Gasteiger partial charge in [0.05, 0.1) is 27.7 Å². The maximum absolute atomic E-state index is 12.5. The highest BCUT2D eigenvalue weighted by molar-refractivity contribution is 7.90. The van der Waals surface area contributed by atoms with Crippen molar-refractivity contribution < 1.29 is 8.42 Å². The smallest absolute Gasteiger partial charge is 0.186 e. The Morgan fingerprint density at radius 3 is 2.55 bits per heavy atom. The van der Waals surface area contributed by atoms with Crippen molar-refractivity contribution in [1.82, 2.24) is 9.78 Å². The molecule has 0 spiro atoms. The van der Waals surface area contributed by atoms with Crippen molar-refractivity contribution in [2.24, 2.45) is 7.05 Å². The van der Waals surface area contributed by atoms with Gasteiger partial charge in [0.1, 0.15) is 0 Å². The van der Waals surface area contributed by atoms with Crippen molar-refractivity contribution in [3.63, 3.8) is 0 Å². The standard InChI is InChI=1S/C14H19N3O2S/c1-4-11-8-12(17(3)16-11)9-20(18,19)14-6-5-10(2)7-13(14)15/h5-8H,4,9,15H2,1-3H3. The van der Waals surface area contributed by atoms with Gasteiger partial charge in [-0.2, -0.15) is 5.10 Å². The van der Waals surface area contributed by atoms with Crippen LogP contribution in [-0.4, -0.2) is 18.2 Å². The Morgan fingerprint density at radius 1 is 1.30 bits per heavy atom. The minimum absolute atomic E-state index is 0.0935. The molecule has 0 bridgehead atoms. The summed E-state index contributed by atoms with van der Waals surface area (Å²) in [4.78, 5) is 0.183. The summed E-state index contributed by atoms with van der Waals surface area (Å²) in [6.45, 7) is 3.86. The number of nitrogen functional groups attached to an aromatic ring is 1. The van der Waals surface area contributed by atoms with Crippen molar-refractivity contribution in [3.8, 4) is 0 Å². The highest BCUT2D eigenvalue weighted by Crippen LogP contribution is 2.23. The number of sulfone groups is 1. The lowest BCUT2D eigenvalue weighted by Gasteiger charge is -2.08. The van der Waals surface area contributed by atoms with E-state index < -0.39 is 9.84 Å². The van der Waals surface area contributed by atoms with Crippen LogP contribution in [-0.2, 0) is 29.1 Å². The molecule has 1 heterocycles. The van der Waals surface area contributed by atoms with Crippen LogP contribution in [0, 0.1) is 6.92 Å². The van der Waals surface area contributed by atoms with Crippen LogP contribution in [0.2, 0.25) is 0 Å². The molecule has 0 unspecified atom stereocenters. The van der Waals surface area contributed by atoms with Crippen molar-refractivity contribution >= 4 is 15.5 Å². The van der Waals surface area contributed by atoms with Crippen LogP contribution in [0.15, 0.2) is 29.2 Å². The average molecular weight is 293 g/mol. The molecule has 5 nitrogen and oxygen atoms in total. The predicted molar refractivity (Wildman–Crippen MR) is 79.1 cm³/mol. The van der Waals surface area contributed by atoms with Gasteiger partial charge in [0.15, 0.2) is 9.84 Å². The molecule has 0 aliphatic rings. The molecule has 0 aliphatic heterocycles. The zero-order valence-electron chi connectivity index (χ0n) is 11.9. The molecular weight excluding hydrogens is 274 g/mol. The molecule has 6 heteroatoms. The van der Waals surface area contributed by atoms with Crippen LogP contribution in [0.25, 0.3) is 0 Å². The van der Waals surface area contributed by atoms with E-state index in [-0.39, 0.29) is 10.6 Å². The minimum Gasteiger partial charge on any atom is -0.398 e.